The van der Waals surface area contributed by atoms with Crippen LogP contribution in [0.5, 0.6) is 0 Å². The second kappa shape index (κ2) is 3.61. The van der Waals surface area contributed by atoms with Gasteiger partial charge in [-0.05, 0) is 60.2 Å². The lowest BCUT2D eigenvalue weighted by Crippen LogP contribution is -2.43. The van der Waals surface area contributed by atoms with Crippen molar-refractivity contribution < 1.29 is 4.79 Å². The molecule has 1 unspecified atom stereocenters. The molecule has 3 aliphatic rings. The zero-order chi connectivity index (χ0) is 13.2. The van der Waals surface area contributed by atoms with E-state index in [2.05, 4.69) is 27.7 Å². The summed E-state index contributed by atoms with van der Waals surface area (Å²) >= 11 is 0. The van der Waals surface area contributed by atoms with Crippen LogP contribution in [0.1, 0.15) is 72.6 Å². The van der Waals surface area contributed by atoms with Gasteiger partial charge in [0.25, 0.3) is 0 Å². The highest BCUT2D eigenvalue weighted by Crippen LogP contribution is 2.72. The van der Waals surface area contributed by atoms with Gasteiger partial charge in [0.15, 0.2) is 0 Å². The normalized spacial score (nSPS) is 50.8. The van der Waals surface area contributed by atoms with Gasteiger partial charge in [0, 0.05) is 12.8 Å². The first kappa shape index (κ1) is 12.7. The van der Waals surface area contributed by atoms with E-state index in [0.29, 0.717) is 22.0 Å². The van der Waals surface area contributed by atoms with Crippen molar-refractivity contribution in [3.05, 3.63) is 0 Å². The van der Waals surface area contributed by atoms with Crippen molar-refractivity contribution in [2.24, 2.45) is 28.1 Å². The Morgan fingerprint density at radius 2 is 1.83 bits per heavy atom. The Hall–Kier alpha value is -0.330. The van der Waals surface area contributed by atoms with Gasteiger partial charge in [0.05, 0.1) is 0 Å². The van der Waals surface area contributed by atoms with Gasteiger partial charge in [-0.1, -0.05) is 27.7 Å². The van der Waals surface area contributed by atoms with E-state index in [0.717, 1.165) is 31.1 Å². The van der Waals surface area contributed by atoms with Crippen molar-refractivity contribution in [2.75, 3.05) is 0 Å². The van der Waals surface area contributed by atoms with Crippen molar-refractivity contribution in [1.29, 1.82) is 0 Å². The number of rotatable bonds is 1. The molecule has 0 radical (unpaired) electrons. The molecule has 0 aliphatic heterocycles. The summed E-state index contributed by atoms with van der Waals surface area (Å²) in [5.41, 5.74) is 1.27. The molecule has 102 valence electrons. The Labute approximate surface area is 112 Å². The lowest BCUT2D eigenvalue weighted by molar-refractivity contribution is -0.126. The van der Waals surface area contributed by atoms with Crippen LogP contribution >= 0.6 is 0 Å². The van der Waals surface area contributed by atoms with Gasteiger partial charge >= 0.3 is 0 Å². The lowest BCUT2D eigenvalue weighted by Gasteiger charge is -2.49. The highest BCUT2D eigenvalue weighted by Gasteiger charge is 2.64. The number of carbonyl (C=O) groups excluding carboxylic acids is 1. The van der Waals surface area contributed by atoms with E-state index in [4.69, 9.17) is 0 Å². The Bertz CT molecular complexity index is 383. The van der Waals surface area contributed by atoms with Crippen LogP contribution in [0, 0.1) is 28.1 Å². The van der Waals surface area contributed by atoms with Gasteiger partial charge in [-0.25, -0.2) is 0 Å². The first-order valence-corrected chi connectivity index (χ1v) is 7.81. The molecule has 3 saturated carbocycles. The van der Waals surface area contributed by atoms with Crippen molar-refractivity contribution in [1.82, 2.24) is 0 Å². The van der Waals surface area contributed by atoms with Gasteiger partial charge < -0.3 is 0 Å². The Morgan fingerprint density at radius 3 is 2.33 bits per heavy atom. The van der Waals surface area contributed by atoms with Gasteiger partial charge in [-0.2, -0.15) is 0 Å². The summed E-state index contributed by atoms with van der Waals surface area (Å²) in [5.74, 6) is 2.21. The van der Waals surface area contributed by atoms with E-state index < -0.39 is 0 Å². The van der Waals surface area contributed by atoms with Crippen LogP contribution in [0.3, 0.4) is 0 Å². The van der Waals surface area contributed by atoms with Crippen LogP contribution in [0.25, 0.3) is 0 Å². The third kappa shape index (κ3) is 1.42. The lowest BCUT2D eigenvalue weighted by atomic mass is 9.55. The monoisotopic (exact) mass is 248 g/mol. The maximum absolute atomic E-state index is 11.9. The van der Waals surface area contributed by atoms with E-state index >= 15 is 0 Å². The second-order valence-electron chi connectivity index (χ2n) is 8.39. The molecule has 18 heavy (non-hydrogen) atoms. The van der Waals surface area contributed by atoms with Crippen LogP contribution < -0.4 is 0 Å². The molecule has 2 bridgehead atoms. The van der Waals surface area contributed by atoms with Crippen molar-refractivity contribution >= 4 is 5.78 Å². The van der Waals surface area contributed by atoms with Gasteiger partial charge in [-0.15, -0.1) is 0 Å². The molecule has 1 nitrogen and oxygen atoms in total. The number of hydrogen-bond donors (Lipinski definition) is 0. The molecule has 3 fully saturated rings. The first-order valence-electron chi connectivity index (χ1n) is 7.81. The van der Waals surface area contributed by atoms with Crippen LogP contribution in [0.4, 0.5) is 0 Å². The molecule has 0 heterocycles. The van der Waals surface area contributed by atoms with E-state index in [-0.39, 0.29) is 0 Å². The predicted octanol–water partition coefficient (Wildman–Crippen LogP) is 4.60. The molecule has 4 atom stereocenters. The largest absolute Gasteiger partial charge is 0.300 e. The minimum atomic E-state index is 0.302. The van der Waals surface area contributed by atoms with Crippen LogP contribution in [-0.2, 0) is 4.79 Å². The molecule has 3 rings (SSSR count). The molecule has 0 aromatic heterocycles. The summed E-state index contributed by atoms with van der Waals surface area (Å²) in [6.07, 6.45) is 8.30. The predicted molar refractivity (Wildman–Crippen MR) is 74.3 cm³/mol. The highest BCUT2D eigenvalue weighted by atomic mass is 16.1. The third-order valence-electron chi connectivity index (χ3n) is 7.44. The quantitative estimate of drug-likeness (QED) is 0.663. The highest BCUT2D eigenvalue weighted by molar-refractivity contribution is 5.79. The molecule has 0 N–H and O–H groups in total. The molecule has 1 heteroatoms. The summed E-state index contributed by atoms with van der Waals surface area (Å²) in [6, 6.07) is 0. The van der Waals surface area contributed by atoms with E-state index in [1.165, 1.54) is 25.7 Å². The molecular formula is C17H28O. The Kier molecular flexibility index (Phi) is 2.55. The maximum Gasteiger partial charge on any atom is 0.133 e. The molecular weight excluding hydrogens is 220 g/mol. The average Bonchev–Trinajstić information content (AvgIpc) is 2.60. The fraction of sp³-hybridized carbons (Fsp3) is 0.941. The fourth-order valence-corrected chi connectivity index (χ4v) is 5.87. The zero-order valence-corrected chi connectivity index (χ0v) is 12.5. The SMILES string of the molecule is CC1([C@@H]2C[C@H]3CC[C@]2(C)C3(C)C)CCCC(=O)C1. The smallest absolute Gasteiger partial charge is 0.133 e. The number of fused-ring (bicyclic) bond motifs is 2. The molecule has 0 saturated heterocycles. The molecule has 0 amide bonds. The Balaban J connectivity index is 1.92. The van der Waals surface area contributed by atoms with Crippen LogP contribution in [0.15, 0.2) is 0 Å². The summed E-state index contributed by atoms with van der Waals surface area (Å²) in [5, 5.41) is 0. The van der Waals surface area contributed by atoms with Gasteiger partial charge in [0.1, 0.15) is 5.78 Å². The summed E-state index contributed by atoms with van der Waals surface area (Å²) in [6.45, 7) is 9.91. The van der Waals surface area contributed by atoms with Crippen molar-refractivity contribution in [2.45, 2.75) is 72.6 Å². The first-order chi connectivity index (χ1) is 8.30. The van der Waals surface area contributed by atoms with E-state index in [1.807, 2.05) is 0 Å². The molecule has 0 aromatic carbocycles. The topological polar surface area (TPSA) is 17.1 Å². The van der Waals surface area contributed by atoms with E-state index in [1.54, 1.807) is 0 Å². The summed E-state index contributed by atoms with van der Waals surface area (Å²) in [7, 11) is 0. The van der Waals surface area contributed by atoms with Gasteiger partial charge in [-0.3, -0.25) is 4.79 Å². The summed E-state index contributed by atoms with van der Waals surface area (Å²) in [4.78, 5) is 11.9. The van der Waals surface area contributed by atoms with Gasteiger partial charge in [0.2, 0.25) is 0 Å². The fourth-order valence-electron chi connectivity index (χ4n) is 5.87. The summed E-state index contributed by atoms with van der Waals surface area (Å²) < 4.78 is 0. The maximum atomic E-state index is 11.9. The van der Waals surface area contributed by atoms with Crippen LogP contribution in [-0.4, -0.2) is 5.78 Å². The minimum absolute atomic E-state index is 0.302. The number of Topliss-reactive ketones (excluding diaryl/α,β-unsaturated/α-hetero) is 1. The standard InChI is InChI=1S/C17H28O/c1-15(2)12-7-9-17(15,4)14(10-12)16(3)8-5-6-13(18)11-16/h12,14H,5-11H2,1-4H3/t12-,14+,16?,17+/m1/s1. The molecule has 3 aliphatic carbocycles. The molecule has 0 spiro atoms. The zero-order valence-electron chi connectivity index (χ0n) is 12.5. The number of carbonyl (C=O) groups is 1. The minimum Gasteiger partial charge on any atom is -0.300 e. The van der Waals surface area contributed by atoms with Crippen molar-refractivity contribution in [3.8, 4) is 0 Å². The number of ketones is 1. The number of hydrogen-bond acceptors (Lipinski definition) is 1. The van der Waals surface area contributed by atoms with Crippen LogP contribution in [0.2, 0.25) is 0 Å². The second-order valence-corrected chi connectivity index (χ2v) is 8.39. The van der Waals surface area contributed by atoms with Crippen molar-refractivity contribution in [3.63, 3.8) is 0 Å². The average molecular weight is 248 g/mol. The third-order valence-corrected chi connectivity index (χ3v) is 7.44. The molecule has 0 aromatic rings. The van der Waals surface area contributed by atoms with E-state index in [9.17, 15) is 4.79 Å². The Morgan fingerprint density at radius 1 is 1.11 bits per heavy atom.